The molecule has 2 amide bonds. The highest BCUT2D eigenvalue weighted by Gasteiger charge is 2.12. The lowest BCUT2D eigenvalue weighted by Gasteiger charge is -2.10. The second-order valence-corrected chi connectivity index (χ2v) is 6.88. The molecule has 142 valence electrons. The summed E-state index contributed by atoms with van der Waals surface area (Å²) in [4.78, 5) is 32.7. The summed E-state index contributed by atoms with van der Waals surface area (Å²) in [6.45, 7) is 3.57. The van der Waals surface area contributed by atoms with Gasteiger partial charge < -0.3 is 10.6 Å². The van der Waals surface area contributed by atoms with Crippen molar-refractivity contribution in [2.24, 2.45) is 5.92 Å². The summed E-state index contributed by atoms with van der Waals surface area (Å²) in [5.41, 5.74) is 2.53. The van der Waals surface area contributed by atoms with Crippen molar-refractivity contribution in [3.05, 3.63) is 71.6 Å². The van der Waals surface area contributed by atoms with Gasteiger partial charge in [0.1, 0.15) is 5.82 Å². The molecular weight excluding hydrogens is 376 g/mol. The number of hydrogen-bond acceptors (Lipinski definition) is 4. The Hall–Kier alpha value is -3.25. The molecule has 6 nitrogen and oxygen atoms in total. The highest BCUT2D eigenvalue weighted by atomic mass is 35.5. The largest absolute Gasteiger partial charge is 0.321 e. The predicted octanol–water partition coefficient (Wildman–Crippen LogP) is 4.64. The van der Waals surface area contributed by atoms with Crippen LogP contribution in [0.4, 0.5) is 11.5 Å². The lowest BCUT2D eigenvalue weighted by atomic mass is 10.1. The first-order valence-corrected chi connectivity index (χ1v) is 9.10. The molecule has 2 aromatic heterocycles. The fraction of sp³-hybridized carbons (Fsp3) is 0.143. The molecule has 2 N–H and O–H groups in total. The van der Waals surface area contributed by atoms with Crippen LogP contribution in [0.1, 0.15) is 24.2 Å². The molecule has 2 heterocycles. The molecule has 0 saturated heterocycles. The van der Waals surface area contributed by atoms with Gasteiger partial charge in [-0.05, 0) is 24.3 Å². The van der Waals surface area contributed by atoms with Crippen molar-refractivity contribution < 1.29 is 9.59 Å². The van der Waals surface area contributed by atoms with E-state index in [1.54, 1.807) is 44.4 Å². The Morgan fingerprint density at radius 2 is 1.82 bits per heavy atom. The number of anilines is 2. The summed E-state index contributed by atoms with van der Waals surface area (Å²) in [6, 6.07) is 12.3. The molecule has 0 bridgehead atoms. The Balaban J connectivity index is 1.78. The van der Waals surface area contributed by atoms with Crippen molar-refractivity contribution in [2.45, 2.75) is 13.8 Å². The number of aromatic nitrogens is 2. The van der Waals surface area contributed by atoms with Gasteiger partial charge in [-0.2, -0.15) is 0 Å². The maximum Gasteiger partial charge on any atom is 0.255 e. The van der Waals surface area contributed by atoms with Gasteiger partial charge in [0.25, 0.3) is 5.91 Å². The monoisotopic (exact) mass is 394 g/mol. The molecule has 3 rings (SSSR count). The predicted molar refractivity (Wildman–Crippen MR) is 110 cm³/mol. The summed E-state index contributed by atoms with van der Waals surface area (Å²) < 4.78 is 0. The minimum absolute atomic E-state index is 0.165. The van der Waals surface area contributed by atoms with Crippen LogP contribution in [-0.2, 0) is 4.79 Å². The van der Waals surface area contributed by atoms with Gasteiger partial charge in [0.05, 0.1) is 11.9 Å². The van der Waals surface area contributed by atoms with Crippen molar-refractivity contribution in [3.8, 4) is 11.1 Å². The van der Waals surface area contributed by atoms with E-state index >= 15 is 0 Å². The summed E-state index contributed by atoms with van der Waals surface area (Å²) in [7, 11) is 0. The maximum atomic E-state index is 12.6. The van der Waals surface area contributed by atoms with E-state index in [9.17, 15) is 9.59 Å². The minimum Gasteiger partial charge on any atom is -0.321 e. The normalized spacial score (nSPS) is 10.6. The van der Waals surface area contributed by atoms with Gasteiger partial charge in [-0.3, -0.25) is 14.6 Å². The number of rotatable bonds is 5. The molecule has 0 aliphatic carbocycles. The lowest BCUT2D eigenvalue weighted by Crippen LogP contribution is -2.19. The zero-order valence-corrected chi connectivity index (χ0v) is 16.2. The third-order valence-corrected chi connectivity index (χ3v) is 4.31. The van der Waals surface area contributed by atoms with Crippen molar-refractivity contribution in [2.75, 3.05) is 10.6 Å². The molecule has 28 heavy (non-hydrogen) atoms. The molecule has 0 unspecified atom stereocenters. The third kappa shape index (κ3) is 4.72. The fourth-order valence-electron chi connectivity index (χ4n) is 2.46. The first-order chi connectivity index (χ1) is 13.4. The number of nitrogens with zero attached hydrogens (tertiary/aromatic N) is 2. The van der Waals surface area contributed by atoms with Crippen LogP contribution in [0.2, 0.25) is 5.02 Å². The van der Waals surface area contributed by atoms with E-state index in [0.29, 0.717) is 22.1 Å². The van der Waals surface area contributed by atoms with Gasteiger partial charge in [-0.1, -0.05) is 43.6 Å². The average molecular weight is 395 g/mol. The summed E-state index contributed by atoms with van der Waals surface area (Å²) in [5.74, 6) is -0.352. The number of benzene rings is 1. The highest BCUT2D eigenvalue weighted by Crippen LogP contribution is 2.28. The molecule has 0 aliphatic rings. The fourth-order valence-corrected chi connectivity index (χ4v) is 2.71. The first-order valence-electron chi connectivity index (χ1n) is 8.72. The van der Waals surface area contributed by atoms with E-state index in [0.717, 1.165) is 11.1 Å². The number of halogens is 1. The second-order valence-electron chi connectivity index (χ2n) is 6.47. The molecule has 0 saturated carbocycles. The standard InChI is InChI=1S/C21H19ClN4O2/c1-13(2)20(27)26-19-10-14(7-8-24-19)21(28)25-16-9-15(11-23-12-16)17-5-3-4-6-18(17)22/h3-13H,1-2H3,(H,25,28)(H,24,26,27). The zero-order chi connectivity index (χ0) is 20.1. The van der Waals surface area contributed by atoms with Crippen molar-refractivity contribution in [3.63, 3.8) is 0 Å². The molecular formula is C21H19ClN4O2. The van der Waals surface area contributed by atoms with Crippen LogP contribution in [-0.4, -0.2) is 21.8 Å². The van der Waals surface area contributed by atoms with Crippen molar-refractivity contribution in [1.29, 1.82) is 0 Å². The van der Waals surface area contributed by atoms with Crippen LogP contribution >= 0.6 is 11.6 Å². The molecule has 1 aromatic carbocycles. The topological polar surface area (TPSA) is 84.0 Å². The number of hydrogen-bond donors (Lipinski definition) is 2. The minimum atomic E-state index is -0.333. The lowest BCUT2D eigenvalue weighted by molar-refractivity contribution is -0.118. The molecule has 0 fully saturated rings. The van der Waals surface area contributed by atoms with E-state index in [4.69, 9.17) is 11.6 Å². The maximum absolute atomic E-state index is 12.6. The number of nitrogens with one attached hydrogen (secondary N) is 2. The van der Waals surface area contributed by atoms with Gasteiger partial charge in [0, 0.05) is 40.0 Å². The molecule has 0 radical (unpaired) electrons. The van der Waals surface area contributed by atoms with Gasteiger partial charge in [-0.15, -0.1) is 0 Å². The highest BCUT2D eigenvalue weighted by molar-refractivity contribution is 6.33. The molecule has 0 atom stereocenters. The van der Waals surface area contributed by atoms with E-state index in [-0.39, 0.29) is 17.7 Å². The van der Waals surface area contributed by atoms with Crippen LogP contribution in [0.3, 0.4) is 0 Å². The van der Waals surface area contributed by atoms with Crippen LogP contribution in [0, 0.1) is 5.92 Å². The Morgan fingerprint density at radius 1 is 1.04 bits per heavy atom. The van der Waals surface area contributed by atoms with Crippen LogP contribution in [0.25, 0.3) is 11.1 Å². The second kappa shape index (κ2) is 8.63. The summed E-state index contributed by atoms with van der Waals surface area (Å²) >= 11 is 6.24. The SMILES string of the molecule is CC(C)C(=O)Nc1cc(C(=O)Nc2cncc(-c3ccccc3Cl)c2)ccn1. The van der Waals surface area contributed by atoms with Gasteiger partial charge in [-0.25, -0.2) is 4.98 Å². The number of amides is 2. The van der Waals surface area contributed by atoms with Crippen LogP contribution in [0.5, 0.6) is 0 Å². The van der Waals surface area contributed by atoms with Crippen LogP contribution in [0.15, 0.2) is 61.1 Å². The molecule has 0 aliphatic heterocycles. The van der Waals surface area contributed by atoms with Gasteiger partial charge in [0.2, 0.25) is 5.91 Å². The Kier molecular flexibility index (Phi) is 6.01. The first kappa shape index (κ1) is 19.5. The quantitative estimate of drug-likeness (QED) is 0.660. The Labute approximate surface area is 168 Å². The van der Waals surface area contributed by atoms with Crippen molar-refractivity contribution in [1.82, 2.24) is 9.97 Å². The number of pyridine rings is 2. The number of carbonyl (C=O) groups is 2. The zero-order valence-electron chi connectivity index (χ0n) is 15.4. The smallest absolute Gasteiger partial charge is 0.255 e. The van der Waals surface area contributed by atoms with Gasteiger partial charge in [0.15, 0.2) is 0 Å². The molecule has 0 spiro atoms. The van der Waals surface area contributed by atoms with E-state index < -0.39 is 0 Å². The molecule has 3 aromatic rings. The van der Waals surface area contributed by atoms with Crippen molar-refractivity contribution >= 4 is 34.9 Å². The summed E-state index contributed by atoms with van der Waals surface area (Å²) in [6.07, 6.45) is 4.72. The molecule has 7 heteroatoms. The Bertz CT molecular complexity index is 1020. The van der Waals surface area contributed by atoms with E-state index in [1.807, 2.05) is 18.2 Å². The van der Waals surface area contributed by atoms with Gasteiger partial charge >= 0.3 is 0 Å². The van der Waals surface area contributed by atoms with E-state index in [1.165, 1.54) is 12.3 Å². The van der Waals surface area contributed by atoms with E-state index in [2.05, 4.69) is 20.6 Å². The summed E-state index contributed by atoms with van der Waals surface area (Å²) in [5, 5.41) is 6.09. The third-order valence-electron chi connectivity index (χ3n) is 3.98. The average Bonchev–Trinajstić information content (AvgIpc) is 2.68. The van der Waals surface area contributed by atoms with Crippen LogP contribution < -0.4 is 10.6 Å². The Morgan fingerprint density at radius 3 is 2.57 bits per heavy atom. The number of carbonyl (C=O) groups excluding carboxylic acids is 2.